The molecule has 0 spiro atoms. The Morgan fingerprint density at radius 3 is 2.67 bits per heavy atom. The van der Waals surface area contributed by atoms with Gasteiger partial charge in [-0.25, -0.2) is 9.18 Å². The molecule has 0 atom stereocenters. The maximum Gasteiger partial charge on any atom is 0.337 e. The van der Waals surface area contributed by atoms with Crippen molar-refractivity contribution in [1.29, 1.82) is 0 Å². The highest BCUT2D eigenvalue weighted by Crippen LogP contribution is 2.36. The van der Waals surface area contributed by atoms with Crippen molar-refractivity contribution >= 4 is 27.4 Å². The summed E-state index contributed by atoms with van der Waals surface area (Å²) in [5.74, 6) is -0.601. The van der Waals surface area contributed by atoms with Gasteiger partial charge in [-0.15, -0.1) is 11.3 Å². The molecule has 3 rings (SSSR count). The molecule has 0 aliphatic heterocycles. The zero-order chi connectivity index (χ0) is 15.0. The number of aryl methyl sites for hydroxylation is 1. The van der Waals surface area contributed by atoms with Gasteiger partial charge in [0.1, 0.15) is 5.82 Å². The monoisotopic (exact) mass is 300 g/mol. The predicted octanol–water partition coefficient (Wildman–Crippen LogP) is 4.80. The Kier molecular flexibility index (Phi) is 3.47. The van der Waals surface area contributed by atoms with Crippen molar-refractivity contribution in [2.24, 2.45) is 0 Å². The maximum absolute atomic E-state index is 13.3. The molecule has 3 aromatic rings. The van der Waals surface area contributed by atoms with Crippen LogP contribution in [0.2, 0.25) is 0 Å². The Bertz CT molecular complexity index is 836. The number of rotatable bonds is 2. The minimum Gasteiger partial charge on any atom is -0.465 e. The Labute approximate surface area is 125 Å². The van der Waals surface area contributed by atoms with Crippen LogP contribution in [0.3, 0.4) is 0 Å². The van der Waals surface area contributed by atoms with Gasteiger partial charge in [-0.1, -0.05) is 6.07 Å². The zero-order valence-corrected chi connectivity index (χ0v) is 12.5. The van der Waals surface area contributed by atoms with E-state index in [9.17, 15) is 9.18 Å². The molecule has 1 aromatic heterocycles. The summed E-state index contributed by atoms with van der Waals surface area (Å²) in [4.78, 5) is 11.7. The third-order valence-corrected chi connectivity index (χ3v) is 4.44. The normalized spacial score (nSPS) is 10.8. The quantitative estimate of drug-likeness (QED) is 0.635. The fourth-order valence-electron chi connectivity index (χ4n) is 2.41. The largest absolute Gasteiger partial charge is 0.465 e. The topological polar surface area (TPSA) is 26.3 Å². The highest BCUT2D eigenvalue weighted by Gasteiger charge is 2.12. The lowest BCUT2D eigenvalue weighted by molar-refractivity contribution is 0.0601. The molecule has 2 nitrogen and oxygen atoms in total. The highest BCUT2D eigenvalue weighted by molar-refractivity contribution is 7.17. The number of methoxy groups -OCH3 is 1. The van der Waals surface area contributed by atoms with Gasteiger partial charge in [0.05, 0.1) is 12.7 Å². The fraction of sp³-hybridized carbons (Fsp3) is 0.118. The molecule has 0 saturated heterocycles. The summed E-state index contributed by atoms with van der Waals surface area (Å²) >= 11 is 1.60. The average molecular weight is 300 g/mol. The molecule has 2 aromatic carbocycles. The Hall–Kier alpha value is -2.20. The van der Waals surface area contributed by atoms with Crippen LogP contribution in [0.5, 0.6) is 0 Å². The summed E-state index contributed by atoms with van der Waals surface area (Å²) in [6, 6.07) is 10.2. The molecule has 0 radical (unpaired) electrons. The number of benzene rings is 2. The smallest absolute Gasteiger partial charge is 0.337 e. The van der Waals surface area contributed by atoms with E-state index in [0.29, 0.717) is 5.56 Å². The van der Waals surface area contributed by atoms with Crippen LogP contribution < -0.4 is 0 Å². The van der Waals surface area contributed by atoms with Gasteiger partial charge in [0, 0.05) is 15.6 Å². The van der Waals surface area contributed by atoms with Crippen LogP contribution in [0.15, 0.2) is 41.8 Å². The highest BCUT2D eigenvalue weighted by atomic mass is 32.1. The minimum absolute atomic E-state index is 0.244. The van der Waals surface area contributed by atoms with Crippen LogP contribution in [0, 0.1) is 12.7 Å². The first kappa shape index (κ1) is 13.8. The lowest BCUT2D eigenvalue weighted by atomic mass is 9.99. The number of carbonyl (C=O) groups is 1. The second-order valence-corrected chi connectivity index (χ2v) is 5.72. The molecular formula is C17H13FO2S. The van der Waals surface area contributed by atoms with E-state index < -0.39 is 0 Å². The first-order valence-electron chi connectivity index (χ1n) is 6.46. The van der Waals surface area contributed by atoms with E-state index in [2.05, 4.69) is 0 Å². The SMILES string of the molecule is COC(=O)c1ccc2scc(-c3ccc(F)cc3C)c2c1. The lowest BCUT2D eigenvalue weighted by Gasteiger charge is -2.06. The van der Waals surface area contributed by atoms with Gasteiger partial charge in [-0.05, 0) is 53.8 Å². The van der Waals surface area contributed by atoms with Crippen molar-refractivity contribution < 1.29 is 13.9 Å². The maximum atomic E-state index is 13.3. The fourth-order valence-corrected chi connectivity index (χ4v) is 3.35. The Morgan fingerprint density at radius 1 is 1.14 bits per heavy atom. The average Bonchev–Trinajstić information content (AvgIpc) is 2.89. The zero-order valence-electron chi connectivity index (χ0n) is 11.6. The summed E-state index contributed by atoms with van der Waals surface area (Å²) in [6.07, 6.45) is 0. The van der Waals surface area contributed by atoms with E-state index in [1.54, 1.807) is 23.5 Å². The molecule has 0 saturated carbocycles. The van der Waals surface area contributed by atoms with Crippen molar-refractivity contribution in [2.75, 3.05) is 7.11 Å². The van der Waals surface area contributed by atoms with Crippen LogP contribution >= 0.6 is 11.3 Å². The molecule has 1 heterocycles. The first-order valence-corrected chi connectivity index (χ1v) is 7.34. The van der Waals surface area contributed by atoms with Crippen molar-refractivity contribution in [3.63, 3.8) is 0 Å². The van der Waals surface area contributed by atoms with E-state index in [-0.39, 0.29) is 11.8 Å². The standard InChI is InChI=1S/C17H13FO2S/c1-10-7-12(18)4-5-13(10)15-9-21-16-6-3-11(8-14(15)16)17(19)20-2/h3-9H,1-2H3. The summed E-state index contributed by atoms with van der Waals surface area (Å²) in [5, 5.41) is 3.02. The Balaban J connectivity index is 2.20. The lowest BCUT2D eigenvalue weighted by Crippen LogP contribution is -2.00. The number of ether oxygens (including phenoxy) is 1. The summed E-state index contributed by atoms with van der Waals surface area (Å²) in [7, 11) is 1.37. The molecule has 0 aliphatic rings. The summed E-state index contributed by atoms with van der Waals surface area (Å²) in [6.45, 7) is 1.88. The van der Waals surface area contributed by atoms with Gasteiger partial charge in [-0.3, -0.25) is 0 Å². The number of thiophene rings is 1. The number of fused-ring (bicyclic) bond motifs is 1. The first-order chi connectivity index (χ1) is 10.1. The van der Waals surface area contributed by atoms with Gasteiger partial charge in [0.25, 0.3) is 0 Å². The third kappa shape index (κ3) is 2.43. The van der Waals surface area contributed by atoms with E-state index in [4.69, 9.17) is 4.74 Å². The number of esters is 1. The summed E-state index contributed by atoms with van der Waals surface area (Å²) < 4.78 is 19.1. The molecule has 0 fully saturated rings. The van der Waals surface area contributed by atoms with Gasteiger partial charge in [0.2, 0.25) is 0 Å². The number of carbonyl (C=O) groups excluding carboxylic acids is 1. The predicted molar refractivity (Wildman–Crippen MR) is 83.3 cm³/mol. The van der Waals surface area contributed by atoms with Crippen LogP contribution in [0.4, 0.5) is 4.39 Å². The van der Waals surface area contributed by atoms with Gasteiger partial charge < -0.3 is 4.74 Å². The molecule has 0 unspecified atom stereocenters. The molecular weight excluding hydrogens is 287 g/mol. The van der Waals surface area contributed by atoms with Crippen LogP contribution in [0.25, 0.3) is 21.2 Å². The second kappa shape index (κ2) is 5.30. The van der Waals surface area contributed by atoms with Crippen molar-refractivity contribution in [3.8, 4) is 11.1 Å². The van der Waals surface area contributed by atoms with Crippen molar-refractivity contribution in [3.05, 3.63) is 58.7 Å². The molecule has 0 bridgehead atoms. The van der Waals surface area contributed by atoms with Gasteiger partial charge in [-0.2, -0.15) is 0 Å². The summed E-state index contributed by atoms with van der Waals surface area (Å²) in [5.41, 5.74) is 3.38. The van der Waals surface area contributed by atoms with Crippen LogP contribution in [-0.4, -0.2) is 13.1 Å². The van der Waals surface area contributed by atoms with E-state index in [1.165, 1.54) is 19.2 Å². The van der Waals surface area contributed by atoms with Crippen molar-refractivity contribution in [2.45, 2.75) is 6.92 Å². The van der Waals surface area contributed by atoms with Crippen LogP contribution in [-0.2, 0) is 4.74 Å². The van der Waals surface area contributed by atoms with Gasteiger partial charge in [0.15, 0.2) is 0 Å². The molecule has 21 heavy (non-hydrogen) atoms. The van der Waals surface area contributed by atoms with Crippen molar-refractivity contribution in [1.82, 2.24) is 0 Å². The van der Waals surface area contributed by atoms with E-state index in [1.807, 2.05) is 24.4 Å². The second-order valence-electron chi connectivity index (χ2n) is 4.81. The third-order valence-electron chi connectivity index (χ3n) is 3.47. The molecule has 4 heteroatoms. The molecule has 106 valence electrons. The molecule has 0 aliphatic carbocycles. The number of halogens is 1. The van der Waals surface area contributed by atoms with E-state index >= 15 is 0 Å². The molecule has 0 N–H and O–H groups in total. The Morgan fingerprint density at radius 2 is 1.95 bits per heavy atom. The van der Waals surface area contributed by atoms with E-state index in [0.717, 1.165) is 26.8 Å². The number of hydrogen-bond donors (Lipinski definition) is 0. The minimum atomic E-state index is -0.357. The van der Waals surface area contributed by atoms with Gasteiger partial charge >= 0.3 is 5.97 Å². The van der Waals surface area contributed by atoms with Crippen LogP contribution in [0.1, 0.15) is 15.9 Å². The molecule has 0 amide bonds. The number of hydrogen-bond acceptors (Lipinski definition) is 3.